The predicted octanol–water partition coefficient (Wildman–Crippen LogP) is 0.895. The Balaban J connectivity index is 2.46. The van der Waals surface area contributed by atoms with Gasteiger partial charge in [0.15, 0.2) is 0 Å². The zero-order chi connectivity index (χ0) is 13.8. The van der Waals surface area contributed by atoms with Crippen LogP contribution in [-0.2, 0) is 15.6 Å². The molecule has 1 amide bonds. The number of hydrogen-bond donors (Lipinski definition) is 2. The van der Waals surface area contributed by atoms with Crippen LogP contribution in [0.15, 0.2) is 0 Å². The molecule has 1 aliphatic rings. The molecule has 5 heteroatoms. The van der Waals surface area contributed by atoms with Crippen molar-refractivity contribution in [3.05, 3.63) is 0 Å². The van der Waals surface area contributed by atoms with Gasteiger partial charge in [0.1, 0.15) is 0 Å². The van der Waals surface area contributed by atoms with E-state index < -0.39 is 10.8 Å². The van der Waals surface area contributed by atoms with Crippen molar-refractivity contribution in [2.24, 2.45) is 11.3 Å². The molecule has 1 fully saturated rings. The maximum atomic E-state index is 12.3. The highest BCUT2D eigenvalue weighted by molar-refractivity contribution is 7.84. The van der Waals surface area contributed by atoms with Crippen molar-refractivity contribution in [1.29, 1.82) is 0 Å². The molecule has 1 rings (SSSR count). The second-order valence-electron chi connectivity index (χ2n) is 5.59. The van der Waals surface area contributed by atoms with Gasteiger partial charge in [0, 0.05) is 35.4 Å². The number of carbonyl (C=O) groups is 1. The van der Waals surface area contributed by atoms with E-state index in [4.69, 9.17) is 0 Å². The molecular weight excluding hydrogens is 248 g/mol. The molecule has 0 aromatic rings. The van der Waals surface area contributed by atoms with E-state index in [0.717, 1.165) is 25.9 Å². The minimum Gasteiger partial charge on any atom is -0.356 e. The van der Waals surface area contributed by atoms with Gasteiger partial charge in [-0.25, -0.2) is 0 Å². The monoisotopic (exact) mass is 274 g/mol. The third kappa shape index (κ3) is 3.54. The normalized spacial score (nSPS) is 27.2. The fourth-order valence-corrected chi connectivity index (χ4v) is 2.84. The minimum atomic E-state index is -0.810. The Labute approximate surface area is 113 Å². The van der Waals surface area contributed by atoms with Crippen molar-refractivity contribution >= 4 is 16.7 Å². The van der Waals surface area contributed by atoms with Crippen LogP contribution in [0.2, 0.25) is 0 Å². The van der Waals surface area contributed by atoms with Crippen molar-refractivity contribution in [2.45, 2.75) is 38.9 Å². The van der Waals surface area contributed by atoms with E-state index in [9.17, 15) is 9.00 Å². The van der Waals surface area contributed by atoms with Crippen LogP contribution in [0.1, 0.15) is 33.6 Å². The molecular formula is C13H26N2O2S. The fourth-order valence-electron chi connectivity index (χ4n) is 2.39. The summed E-state index contributed by atoms with van der Waals surface area (Å²) in [5.74, 6) is 0.488. The highest BCUT2D eigenvalue weighted by atomic mass is 32.2. The number of nitrogens with one attached hydrogen (secondary N) is 2. The SMILES string of the molecule is CC(CCNC(=O)C1(C(C)C)CCNC1)S(C)=O. The number of rotatable bonds is 6. The van der Waals surface area contributed by atoms with E-state index >= 15 is 0 Å². The highest BCUT2D eigenvalue weighted by Crippen LogP contribution is 2.34. The van der Waals surface area contributed by atoms with Crippen LogP contribution < -0.4 is 10.6 Å². The molecule has 0 spiro atoms. The first kappa shape index (κ1) is 15.6. The summed E-state index contributed by atoms with van der Waals surface area (Å²) in [6.07, 6.45) is 3.39. The lowest BCUT2D eigenvalue weighted by atomic mass is 9.75. The Morgan fingerprint density at radius 2 is 2.11 bits per heavy atom. The van der Waals surface area contributed by atoms with Crippen LogP contribution in [-0.4, -0.2) is 41.3 Å². The van der Waals surface area contributed by atoms with Crippen molar-refractivity contribution in [3.8, 4) is 0 Å². The van der Waals surface area contributed by atoms with Crippen LogP contribution in [0, 0.1) is 11.3 Å². The lowest BCUT2D eigenvalue weighted by molar-refractivity contribution is -0.132. The summed E-state index contributed by atoms with van der Waals surface area (Å²) in [6.45, 7) is 8.48. The van der Waals surface area contributed by atoms with Crippen LogP contribution in [0.3, 0.4) is 0 Å². The topological polar surface area (TPSA) is 58.2 Å². The van der Waals surface area contributed by atoms with Gasteiger partial charge in [0.2, 0.25) is 5.91 Å². The number of carbonyl (C=O) groups excluding carboxylic acids is 1. The molecule has 0 aromatic carbocycles. The highest BCUT2D eigenvalue weighted by Gasteiger charge is 2.43. The number of amides is 1. The van der Waals surface area contributed by atoms with Crippen LogP contribution >= 0.6 is 0 Å². The summed E-state index contributed by atoms with van der Waals surface area (Å²) >= 11 is 0. The Bertz CT molecular complexity index is 312. The van der Waals surface area contributed by atoms with Gasteiger partial charge in [0.05, 0.1) is 5.41 Å². The maximum absolute atomic E-state index is 12.3. The molecule has 0 aromatic heterocycles. The van der Waals surface area contributed by atoms with Crippen LogP contribution in [0.5, 0.6) is 0 Å². The Hall–Kier alpha value is -0.420. The van der Waals surface area contributed by atoms with Crippen molar-refractivity contribution in [3.63, 3.8) is 0 Å². The van der Waals surface area contributed by atoms with E-state index in [2.05, 4.69) is 24.5 Å². The molecule has 3 unspecified atom stereocenters. The summed E-state index contributed by atoms with van der Waals surface area (Å²) in [6, 6.07) is 0. The van der Waals surface area contributed by atoms with Gasteiger partial charge in [-0.05, 0) is 25.3 Å². The van der Waals surface area contributed by atoms with E-state index in [-0.39, 0.29) is 16.6 Å². The van der Waals surface area contributed by atoms with Gasteiger partial charge in [-0.2, -0.15) is 0 Å². The third-order valence-electron chi connectivity index (χ3n) is 4.15. The summed E-state index contributed by atoms with van der Waals surface area (Å²) in [5, 5.41) is 6.44. The first-order chi connectivity index (χ1) is 8.40. The van der Waals surface area contributed by atoms with Gasteiger partial charge in [0.25, 0.3) is 0 Å². The maximum Gasteiger partial charge on any atom is 0.227 e. The zero-order valence-corrected chi connectivity index (χ0v) is 12.7. The first-order valence-corrected chi connectivity index (χ1v) is 8.33. The predicted molar refractivity (Wildman–Crippen MR) is 75.9 cm³/mol. The Morgan fingerprint density at radius 1 is 1.44 bits per heavy atom. The lowest BCUT2D eigenvalue weighted by Crippen LogP contribution is -2.46. The number of hydrogen-bond acceptors (Lipinski definition) is 3. The van der Waals surface area contributed by atoms with Gasteiger partial charge in [-0.15, -0.1) is 0 Å². The molecule has 1 heterocycles. The van der Waals surface area contributed by atoms with E-state index in [1.165, 1.54) is 0 Å². The molecule has 1 saturated heterocycles. The second-order valence-corrected chi connectivity index (χ2v) is 7.39. The largest absolute Gasteiger partial charge is 0.356 e. The van der Waals surface area contributed by atoms with Crippen molar-refractivity contribution in [2.75, 3.05) is 25.9 Å². The van der Waals surface area contributed by atoms with Gasteiger partial charge in [-0.3, -0.25) is 9.00 Å². The average molecular weight is 274 g/mol. The molecule has 0 saturated carbocycles. The van der Waals surface area contributed by atoms with E-state index in [1.807, 2.05) is 6.92 Å². The van der Waals surface area contributed by atoms with E-state index in [0.29, 0.717) is 12.5 Å². The van der Waals surface area contributed by atoms with Gasteiger partial charge >= 0.3 is 0 Å². The summed E-state index contributed by atoms with van der Waals surface area (Å²) in [4.78, 5) is 12.3. The molecule has 3 atom stereocenters. The molecule has 0 aliphatic carbocycles. The second kappa shape index (κ2) is 6.66. The molecule has 1 aliphatic heterocycles. The minimum absolute atomic E-state index is 0.141. The summed E-state index contributed by atoms with van der Waals surface area (Å²) in [5.41, 5.74) is -0.255. The van der Waals surface area contributed by atoms with Crippen LogP contribution in [0.25, 0.3) is 0 Å². The quantitative estimate of drug-likeness (QED) is 0.756. The smallest absolute Gasteiger partial charge is 0.227 e. The standard InChI is InChI=1S/C13H26N2O2S/c1-10(2)13(6-8-14-9-13)12(16)15-7-5-11(3)18(4)17/h10-11,14H,5-9H2,1-4H3,(H,15,16). The molecule has 106 valence electrons. The Kier molecular flexibility index (Phi) is 5.79. The molecule has 2 N–H and O–H groups in total. The van der Waals surface area contributed by atoms with E-state index in [1.54, 1.807) is 6.26 Å². The van der Waals surface area contributed by atoms with Crippen molar-refractivity contribution < 1.29 is 9.00 Å². The lowest BCUT2D eigenvalue weighted by Gasteiger charge is -2.31. The third-order valence-corrected chi connectivity index (χ3v) is 5.52. The molecule has 4 nitrogen and oxygen atoms in total. The fraction of sp³-hybridized carbons (Fsp3) is 0.923. The zero-order valence-electron chi connectivity index (χ0n) is 11.9. The van der Waals surface area contributed by atoms with Crippen molar-refractivity contribution in [1.82, 2.24) is 10.6 Å². The first-order valence-electron chi connectivity index (χ1n) is 6.71. The summed E-state index contributed by atoms with van der Waals surface area (Å²) < 4.78 is 11.2. The summed E-state index contributed by atoms with van der Waals surface area (Å²) in [7, 11) is -0.810. The van der Waals surface area contributed by atoms with Gasteiger partial charge < -0.3 is 10.6 Å². The molecule has 0 bridgehead atoms. The average Bonchev–Trinajstić information content (AvgIpc) is 2.78. The van der Waals surface area contributed by atoms with Gasteiger partial charge in [-0.1, -0.05) is 20.8 Å². The Morgan fingerprint density at radius 3 is 2.56 bits per heavy atom. The molecule has 18 heavy (non-hydrogen) atoms. The molecule has 0 radical (unpaired) electrons. The van der Waals surface area contributed by atoms with Crippen LogP contribution in [0.4, 0.5) is 0 Å².